The first kappa shape index (κ1) is 18.2. The minimum Gasteiger partial charge on any atom is -0.396 e. The third-order valence-corrected chi connectivity index (χ3v) is 5.46. The first-order chi connectivity index (χ1) is 12.1. The number of rotatable bonds is 7. The van der Waals surface area contributed by atoms with Crippen LogP contribution in [0.3, 0.4) is 0 Å². The number of aliphatic hydroxyl groups is 1. The SMILES string of the molecule is CS(=O)Cc1cccc2c(C(CCCO)c3ccc(Cl)cc3)c[nH]c12. The maximum atomic E-state index is 11.6. The first-order valence-corrected chi connectivity index (χ1v) is 10.5. The molecule has 0 aliphatic heterocycles. The Hall–Kier alpha value is -1.62. The van der Waals surface area contributed by atoms with Crippen LogP contribution < -0.4 is 0 Å². The molecule has 2 aromatic carbocycles. The van der Waals surface area contributed by atoms with Crippen LogP contribution in [-0.4, -0.2) is 27.2 Å². The van der Waals surface area contributed by atoms with Gasteiger partial charge in [0.2, 0.25) is 0 Å². The molecule has 0 amide bonds. The molecular weight excluding hydrogens is 354 g/mol. The highest BCUT2D eigenvalue weighted by Crippen LogP contribution is 2.35. The Labute approximate surface area is 155 Å². The molecule has 0 radical (unpaired) electrons. The number of nitrogens with one attached hydrogen (secondary N) is 1. The summed E-state index contributed by atoms with van der Waals surface area (Å²) in [5, 5.41) is 11.2. The maximum absolute atomic E-state index is 11.6. The minimum atomic E-state index is -0.885. The minimum absolute atomic E-state index is 0.173. The van der Waals surface area contributed by atoms with E-state index in [0.717, 1.165) is 34.3 Å². The number of halogens is 1. The van der Waals surface area contributed by atoms with Crippen LogP contribution in [0.15, 0.2) is 48.7 Å². The summed E-state index contributed by atoms with van der Waals surface area (Å²) in [6.07, 6.45) is 5.36. The molecule has 0 saturated heterocycles. The summed E-state index contributed by atoms with van der Waals surface area (Å²) in [5.41, 5.74) is 4.51. The standard InChI is InChI=1S/C20H22ClNO2S/c1-25(24)13-15-4-2-5-18-19(12-22-20(15)18)17(6-3-11-23)14-7-9-16(21)10-8-14/h2,4-5,7-10,12,17,22-23H,3,6,11,13H2,1H3. The molecule has 3 nitrogen and oxygen atoms in total. The summed E-state index contributed by atoms with van der Waals surface area (Å²) in [6, 6.07) is 14.1. The van der Waals surface area contributed by atoms with Gasteiger partial charge in [-0.3, -0.25) is 4.21 Å². The normalized spacial score (nSPS) is 13.9. The van der Waals surface area contributed by atoms with Gasteiger partial charge in [-0.2, -0.15) is 0 Å². The van der Waals surface area contributed by atoms with Crippen molar-refractivity contribution in [2.75, 3.05) is 12.9 Å². The lowest BCUT2D eigenvalue weighted by atomic mass is 9.87. The molecular formula is C20H22ClNO2S. The van der Waals surface area contributed by atoms with Crippen molar-refractivity contribution in [1.82, 2.24) is 4.98 Å². The van der Waals surface area contributed by atoms with Gasteiger partial charge in [0.25, 0.3) is 0 Å². The van der Waals surface area contributed by atoms with Crippen molar-refractivity contribution < 1.29 is 9.32 Å². The molecule has 1 aromatic heterocycles. The van der Waals surface area contributed by atoms with Crippen molar-refractivity contribution >= 4 is 33.3 Å². The smallest absolute Gasteiger partial charge is 0.0503 e. The third kappa shape index (κ3) is 4.14. The Balaban J connectivity index is 2.06. The first-order valence-electron chi connectivity index (χ1n) is 8.35. The molecule has 5 heteroatoms. The number of aliphatic hydroxyl groups excluding tert-OH is 1. The van der Waals surface area contributed by atoms with Crippen molar-refractivity contribution in [3.63, 3.8) is 0 Å². The second-order valence-corrected chi connectivity index (χ2v) is 8.14. The summed E-state index contributed by atoms with van der Waals surface area (Å²) in [5.74, 6) is 0.722. The highest BCUT2D eigenvalue weighted by Gasteiger charge is 2.19. The molecule has 132 valence electrons. The van der Waals surface area contributed by atoms with E-state index in [1.807, 2.05) is 42.6 Å². The number of H-pyrrole nitrogens is 1. The van der Waals surface area contributed by atoms with Gasteiger partial charge in [-0.25, -0.2) is 0 Å². The number of benzene rings is 2. The fraction of sp³-hybridized carbons (Fsp3) is 0.300. The van der Waals surface area contributed by atoms with Gasteiger partial charge in [-0.1, -0.05) is 41.9 Å². The number of hydrogen-bond acceptors (Lipinski definition) is 2. The van der Waals surface area contributed by atoms with Gasteiger partial charge in [0.05, 0.1) is 5.75 Å². The molecule has 2 unspecified atom stereocenters. The number of hydrogen-bond donors (Lipinski definition) is 2. The average Bonchev–Trinajstić information content (AvgIpc) is 3.01. The van der Waals surface area contributed by atoms with Crippen molar-refractivity contribution in [1.29, 1.82) is 0 Å². The Morgan fingerprint density at radius 2 is 1.96 bits per heavy atom. The van der Waals surface area contributed by atoms with Gasteiger partial charge < -0.3 is 10.1 Å². The van der Waals surface area contributed by atoms with E-state index in [2.05, 4.69) is 11.1 Å². The molecule has 0 spiro atoms. The van der Waals surface area contributed by atoms with E-state index in [4.69, 9.17) is 11.6 Å². The zero-order chi connectivity index (χ0) is 17.8. The monoisotopic (exact) mass is 375 g/mol. The molecule has 0 saturated carbocycles. The van der Waals surface area contributed by atoms with E-state index < -0.39 is 10.8 Å². The maximum Gasteiger partial charge on any atom is 0.0503 e. The average molecular weight is 376 g/mol. The number of para-hydroxylation sites is 1. The van der Waals surface area contributed by atoms with Gasteiger partial charge in [-0.15, -0.1) is 0 Å². The molecule has 0 aliphatic carbocycles. The predicted molar refractivity (Wildman–Crippen MR) is 106 cm³/mol. The van der Waals surface area contributed by atoms with E-state index in [0.29, 0.717) is 5.75 Å². The summed E-state index contributed by atoms with van der Waals surface area (Å²) >= 11 is 6.03. The van der Waals surface area contributed by atoms with Crippen molar-refractivity contribution in [3.8, 4) is 0 Å². The van der Waals surface area contributed by atoms with Crippen LogP contribution >= 0.6 is 11.6 Å². The largest absolute Gasteiger partial charge is 0.396 e. The fourth-order valence-electron chi connectivity index (χ4n) is 3.36. The third-order valence-electron chi connectivity index (χ3n) is 4.49. The van der Waals surface area contributed by atoms with Crippen LogP contribution in [-0.2, 0) is 16.6 Å². The molecule has 2 N–H and O–H groups in total. The van der Waals surface area contributed by atoms with E-state index in [9.17, 15) is 9.32 Å². The summed E-state index contributed by atoms with van der Waals surface area (Å²) in [4.78, 5) is 3.38. The molecule has 0 fully saturated rings. The second kappa shape index (κ2) is 8.17. The zero-order valence-electron chi connectivity index (χ0n) is 14.2. The number of aromatic nitrogens is 1. The molecule has 2 atom stereocenters. The van der Waals surface area contributed by atoms with Gasteiger partial charge in [-0.05, 0) is 41.7 Å². The molecule has 0 aliphatic rings. The number of fused-ring (bicyclic) bond motifs is 1. The quantitative estimate of drug-likeness (QED) is 0.633. The lowest BCUT2D eigenvalue weighted by Gasteiger charge is -2.17. The van der Waals surface area contributed by atoms with Gasteiger partial charge in [0, 0.05) is 51.7 Å². The topological polar surface area (TPSA) is 53.1 Å². The Morgan fingerprint density at radius 1 is 1.20 bits per heavy atom. The molecule has 3 aromatic rings. The van der Waals surface area contributed by atoms with Crippen LogP contribution in [0.1, 0.15) is 35.4 Å². The summed E-state index contributed by atoms with van der Waals surface area (Å²) in [6.45, 7) is 0.173. The van der Waals surface area contributed by atoms with Gasteiger partial charge in [0.15, 0.2) is 0 Å². The van der Waals surface area contributed by atoms with Crippen molar-refractivity contribution in [2.45, 2.75) is 24.5 Å². The van der Waals surface area contributed by atoms with Crippen molar-refractivity contribution in [3.05, 3.63) is 70.4 Å². The zero-order valence-corrected chi connectivity index (χ0v) is 15.7. The number of aromatic amines is 1. The van der Waals surface area contributed by atoms with E-state index in [-0.39, 0.29) is 12.5 Å². The highest BCUT2D eigenvalue weighted by atomic mass is 35.5. The van der Waals surface area contributed by atoms with E-state index in [1.54, 1.807) is 6.26 Å². The van der Waals surface area contributed by atoms with Crippen LogP contribution in [0.25, 0.3) is 10.9 Å². The fourth-order valence-corrected chi connectivity index (χ4v) is 4.16. The Kier molecular flexibility index (Phi) is 5.94. The van der Waals surface area contributed by atoms with E-state index >= 15 is 0 Å². The molecule has 25 heavy (non-hydrogen) atoms. The Morgan fingerprint density at radius 3 is 2.64 bits per heavy atom. The van der Waals surface area contributed by atoms with E-state index in [1.165, 1.54) is 11.1 Å². The highest BCUT2D eigenvalue weighted by molar-refractivity contribution is 7.83. The lowest BCUT2D eigenvalue weighted by Crippen LogP contribution is -2.02. The van der Waals surface area contributed by atoms with Gasteiger partial charge >= 0.3 is 0 Å². The molecule has 0 bridgehead atoms. The summed E-state index contributed by atoms with van der Waals surface area (Å²) < 4.78 is 11.6. The van der Waals surface area contributed by atoms with Crippen LogP contribution in [0.2, 0.25) is 5.02 Å². The van der Waals surface area contributed by atoms with Crippen molar-refractivity contribution in [2.24, 2.45) is 0 Å². The van der Waals surface area contributed by atoms with Crippen LogP contribution in [0.4, 0.5) is 0 Å². The Bertz CT molecular complexity index is 873. The van der Waals surface area contributed by atoms with Crippen LogP contribution in [0.5, 0.6) is 0 Å². The second-order valence-electron chi connectivity index (χ2n) is 6.27. The molecule has 3 rings (SSSR count). The molecule has 1 heterocycles. The predicted octanol–water partition coefficient (Wildman–Crippen LogP) is 4.60. The summed E-state index contributed by atoms with van der Waals surface area (Å²) in [7, 11) is -0.885. The van der Waals surface area contributed by atoms with Gasteiger partial charge in [0.1, 0.15) is 0 Å². The lowest BCUT2D eigenvalue weighted by molar-refractivity contribution is 0.282. The van der Waals surface area contributed by atoms with Crippen LogP contribution in [0, 0.1) is 0 Å².